The third-order valence-electron chi connectivity index (χ3n) is 1.59. The maximum atomic E-state index is 10.9. The molecule has 0 amide bonds. The second-order valence-electron chi connectivity index (χ2n) is 2.45. The fraction of sp³-hybridized carbons (Fsp3) is 0.375. The molecule has 0 aromatic heterocycles. The molecule has 2 N–H and O–H groups in total. The molecule has 0 spiro atoms. The summed E-state index contributed by atoms with van der Waals surface area (Å²) >= 11 is 0. The van der Waals surface area contributed by atoms with E-state index < -0.39 is 18.2 Å². The van der Waals surface area contributed by atoms with E-state index in [-0.39, 0.29) is 5.57 Å². The molecule has 0 fully saturated rings. The van der Waals surface area contributed by atoms with Gasteiger partial charge >= 0.3 is 5.97 Å². The number of carbonyl (C=O) groups excluding carboxylic acids is 1. The number of ether oxygens (including phenoxy) is 1. The van der Waals surface area contributed by atoms with Crippen molar-refractivity contribution in [2.24, 2.45) is 0 Å². The Balaban J connectivity index is 2.76. The standard InChI is InChI=1S/C8H10O4/c1-12-8(11)5-2-3-6(9)7(10)4-5/h2-4,6-7,9-10H,1H3. The predicted molar refractivity (Wildman–Crippen MR) is 41.3 cm³/mol. The molecular formula is C8H10O4. The van der Waals surface area contributed by atoms with Crippen LogP contribution in [0.4, 0.5) is 0 Å². The normalized spacial score (nSPS) is 28.1. The van der Waals surface area contributed by atoms with Crippen LogP contribution < -0.4 is 0 Å². The van der Waals surface area contributed by atoms with Gasteiger partial charge in [-0.05, 0) is 12.2 Å². The summed E-state index contributed by atoms with van der Waals surface area (Å²) in [6.45, 7) is 0. The molecule has 0 aromatic carbocycles. The van der Waals surface area contributed by atoms with E-state index in [1.54, 1.807) is 0 Å². The first-order chi connectivity index (χ1) is 5.65. The van der Waals surface area contributed by atoms with Crippen LogP contribution in [-0.4, -0.2) is 35.5 Å². The minimum absolute atomic E-state index is 0.260. The van der Waals surface area contributed by atoms with Crippen molar-refractivity contribution in [2.45, 2.75) is 12.2 Å². The molecule has 1 aliphatic rings. The largest absolute Gasteiger partial charge is 0.465 e. The van der Waals surface area contributed by atoms with Gasteiger partial charge in [0, 0.05) is 0 Å². The maximum Gasteiger partial charge on any atom is 0.337 e. The van der Waals surface area contributed by atoms with Crippen LogP contribution in [-0.2, 0) is 9.53 Å². The van der Waals surface area contributed by atoms with E-state index in [2.05, 4.69) is 4.74 Å². The summed E-state index contributed by atoms with van der Waals surface area (Å²) < 4.78 is 4.42. The van der Waals surface area contributed by atoms with Gasteiger partial charge in [0.1, 0.15) is 12.2 Å². The van der Waals surface area contributed by atoms with Crippen molar-refractivity contribution in [3.63, 3.8) is 0 Å². The Hall–Kier alpha value is -1.13. The number of rotatable bonds is 1. The lowest BCUT2D eigenvalue weighted by Gasteiger charge is -2.15. The molecule has 0 saturated carbocycles. The van der Waals surface area contributed by atoms with E-state index in [0.29, 0.717) is 0 Å². The maximum absolute atomic E-state index is 10.9. The van der Waals surface area contributed by atoms with Gasteiger partial charge in [0.25, 0.3) is 0 Å². The van der Waals surface area contributed by atoms with E-state index in [4.69, 9.17) is 10.2 Å². The van der Waals surface area contributed by atoms with Gasteiger partial charge in [0.05, 0.1) is 12.7 Å². The van der Waals surface area contributed by atoms with Crippen molar-refractivity contribution in [2.75, 3.05) is 7.11 Å². The van der Waals surface area contributed by atoms with Crippen LogP contribution in [0.5, 0.6) is 0 Å². The predicted octanol–water partition coefficient (Wildman–Crippen LogP) is -0.623. The molecule has 66 valence electrons. The van der Waals surface area contributed by atoms with Crippen LogP contribution in [0, 0.1) is 0 Å². The molecule has 4 heteroatoms. The number of aliphatic hydroxyl groups excluding tert-OH is 2. The first-order valence-corrected chi connectivity index (χ1v) is 3.49. The number of carbonyl (C=O) groups is 1. The molecule has 2 atom stereocenters. The van der Waals surface area contributed by atoms with Crippen molar-refractivity contribution in [1.29, 1.82) is 0 Å². The van der Waals surface area contributed by atoms with Gasteiger partial charge < -0.3 is 14.9 Å². The van der Waals surface area contributed by atoms with Crippen LogP contribution in [0.25, 0.3) is 0 Å². The molecular weight excluding hydrogens is 160 g/mol. The van der Waals surface area contributed by atoms with Crippen molar-refractivity contribution >= 4 is 5.97 Å². The summed E-state index contributed by atoms with van der Waals surface area (Å²) in [6.07, 6.45) is 2.07. The molecule has 0 heterocycles. The van der Waals surface area contributed by atoms with Crippen LogP contribution in [0.1, 0.15) is 0 Å². The minimum Gasteiger partial charge on any atom is -0.465 e. The molecule has 2 unspecified atom stereocenters. The molecule has 0 radical (unpaired) electrons. The molecule has 0 aromatic rings. The van der Waals surface area contributed by atoms with Gasteiger partial charge in [-0.15, -0.1) is 0 Å². The highest BCUT2D eigenvalue weighted by Crippen LogP contribution is 2.11. The Labute approximate surface area is 69.8 Å². The smallest absolute Gasteiger partial charge is 0.337 e. The van der Waals surface area contributed by atoms with E-state index >= 15 is 0 Å². The highest BCUT2D eigenvalue weighted by Gasteiger charge is 2.18. The lowest BCUT2D eigenvalue weighted by Crippen LogP contribution is -2.25. The van der Waals surface area contributed by atoms with Crippen molar-refractivity contribution in [3.05, 3.63) is 23.8 Å². The third-order valence-corrected chi connectivity index (χ3v) is 1.59. The summed E-state index contributed by atoms with van der Waals surface area (Å²) in [4.78, 5) is 10.9. The third kappa shape index (κ3) is 1.72. The van der Waals surface area contributed by atoms with Gasteiger partial charge in [0.15, 0.2) is 0 Å². The lowest BCUT2D eigenvalue weighted by molar-refractivity contribution is -0.135. The fourth-order valence-corrected chi connectivity index (χ4v) is 0.908. The van der Waals surface area contributed by atoms with E-state index in [9.17, 15) is 4.79 Å². The summed E-state index contributed by atoms with van der Waals surface area (Å²) in [5.41, 5.74) is 0.260. The van der Waals surface area contributed by atoms with Gasteiger partial charge in [0.2, 0.25) is 0 Å². The molecule has 0 bridgehead atoms. The molecule has 0 saturated heterocycles. The number of hydrogen-bond donors (Lipinski definition) is 2. The van der Waals surface area contributed by atoms with Gasteiger partial charge in [-0.1, -0.05) is 6.08 Å². The Kier molecular flexibility index (Phi) is 2.62. The van der Waals surface area contributed by atoms with Gasteiger partial charge in [-0.2, -0.15) is 0 Å². The second kappa shape index (κ2) is 3.51. The minimum atomic E-state index is -1.02. The van der Waals surface area contributed by atoms with E-state index in [0.717, 1.165) is 0 Å². The first-order valence-electron chi connectivity index (χ1n) is 3.49. The fourth-order valence-electron chi connectivity index (χ4n) is 0.908. The zero-order valence-corrected chi connectivity index (χ0v) is 6.60. The zero-order valence-electron chi connectivity index (χ0n) is 6.60. The Morgan fingerprint density at radius 3 is 2.67 bits per heavy atom. The van der Waals surface area contributed by atoms with E-state index in [1.165, 1.54) is 25.3 Å². The lowest BCUT2D eigenvalue weighted by atomic mass is 10.0. The van der Waals surface area contributed by atoms with Crippen LogP contribution in [0.2, 0.25) is 0 Å². The highest BCUT2D eigenvalue weighted by molar-refractivity contribution is 5.91. The summed E-state index contributed by atoms with van der Waals surface area (Å²) in [5.74, 6) is -0.516. The average Bonchev–Trinajstić information content (AvgIpc) is 2.08. The second-order valence-corrected chi connectivity index (χ2v) is 2.45. The molecule has 12 heavy (non-hydrogen) atoms. The van der Waals surface area contributed by atoms with Crippen LogP contribution >= 0.6 is 0 Å². The SMILES string of the molecule is COC(=O)C1=CC(O)C(O)C=C1. The van der Waals surface area contributed by atoms with Crippen molar-refractivity contribution in [3.8, 4) is 0 Å². The monoisotopic (exact) mass is 170 g/mol. The summed E-state index contributed by atoms with van der Waals surface area (Å²) in [5, 5.41) is 18.1. The summed E-state index contributed by atoms with van der Waals surface area (Å²) in [6, 6.07) is 0. The zero-order chi connectivity index (χ0) is 9.14. The quantitative estimate of drug-likeness (QED) is 0.514. The van der Waals surface area contributed by atoms with Crippen LogP contribution in [0.3, 0.4) is 0 Å². The van der Waals surface area contributed by atoms with Crippen molar-refractivity contribution < 1.29 is 19.7 Å². The van der Waals surface area contributed by atoms with Gasteiger partial charge in [-0.3, -0.25) is 0 Å². The molecule has 1 aliphatic carbocycles. The number of hydrogen-bond acceptors (Lipinski definition) is 4. The first kappa shape index (κ1) is 8.96. The highest BCUT2D eigenvalue weighted by atomic mass is 16.5. The topological polar surface area (TPSA) is 66.8 Å². The number of aliphatic hydroxyl groups is 2. The van der Waals surface area contributed by atoms with Gasteiger partial charge in [-0.25, -0.2) is 4.79 Å². The Bertz CT molecular complexity index is 241. The number of esters is 1. The molecule has 1 rings (SSSR count). The Morgan fingerprint density at radius 1 is 1.50 bits per heavy atom. The molecule has 0 aliphatic heterocycles. The van der Waals surface area contributed by atoms with Crippen molar-refractivity contribution in [1.82, 2.24) is 0 Å². The summed E-state index contributed by atoms with van der Waals surface area (Å²) in [7, 11) is 1.26. The molecule has 4 nitrogen and oxygen atoms in total. The average molecular weight is 170 g/mol. The Morgan fingerprint density at radius 2 is 2.17 bits per heavy atom. The number of methoxy groups -OCH3 is 1. The van der Waals surface area contributed by atoms with Crippen LogP contribution in [0.15, 0.2) is 23.8 Å². The van der Waals surface area contributed by atoms with E-state index in [1.807, 2.05) is 0 Å².